The molecule has 1 amide bonds. The van der Waals surface area contributed by atoms with Crippen LogP contribution in [-0.2, 0) is 11.3 Å². The predicted molar refractivity (Wildman–Crippen MR) is 84.7 cm³/mol. The Kier molecular flexibility index (Phi) is 6.50. The molecule has 0 saturated heterocycles. The zero-order valence-corrected chi connectivity index (χ0v) is 13.0. The molecular weight excluding hydrogens is 272 g/mol. The minimum absolute atomic E-state index is 0. The molecule has 1 aliphatic rings. The number of hydrogen-bond acceptors (Lipinski definition) is 2. The van der Waals surface area contributed by atoms with Crippen LogP contribution in [0.25, 0.3) is 0 Å². The average Bonchev–Trinajstić information content (AvgIpc) is 2.95. The molecule has 3 nitrogen and oxygen atoms in total. The third-order valence-corrected chi connectivity index (χ3v) is 4.29. The Morgan fingerprint density at radius 1 is 1.25 bits per heavy atom. The summed E-state index contributed by atoms with van der Waals surface area (Å²) >= 11 is 0. The van der Waals surface area contributed by atoms with E-state index in [0.29, 0.717) is 13.1 Å². The zero-order chi connectivity index (χ0) is 13.7. The topological polar surface area (TPSA) is 46.3 Å². The van der Waals surface area contributed by atoms with Crippen molar-refractivity contribution in [1.29, 1.82) is 0 Å². The molecule has 20 heavy (non-hydrogen) atoms. The summed E-state index contributed by atoms with van der Waals surface area (Å²) in [5.41, 5.74) is 6.80. The quantitative estimate of drug-likeness (QED) is 0.908. The van der Waals surface area contributed by atoms with Gasteiger partial charge in [0.25, 0.3) is 0 Å². The molecule has 0 unspecified atom stereocenters. The van der Waals surface area contributed by atoms with Crippen LogP contribution in [0, 0.1) is 5.41 Å². The van der Waals surface area contributed by atoms with E-state index in [9.17, 15) is 4.79 Å². The van der Waals surface area contributed by atoms with Gasteiger partial charge in [-0.05, 0) is 25.3 Å². The monoisotopic (exact) mass is 296 g/mol. The lowest BCUT2D eigenvalue weighted by molar-refractivity contribution is -0.141. The van der Waals surface area contributed by atoms with E-state index >= 15 is 0 Å². The van der Waals surface area contributed by atoms with Gasteiger partial charge in [-0.2, -0.15) is 0 Å². The van der Waals surface area contributed by atoms with E-state index in [-0.39, 0.29) is 23.7 Å². The summed E-state index contributed by atoms with van der Waals surface area (Å²) in [5, 5.41) is 0. The molecule has 0 heterocycles. The van der Waals surface area contributed by atoms with Crippen molar-refractivity contribution in [2.75, 3.05) is 13.1 Å². The second kappa shape index (κ2) is 7.65. The van der Waals surface area contributed by atoms with E-state index < -0.39 is 0 Å². The molecule has 112 valence electrons. The molecule has 1 aromatic carbocycles. The molecule has 1 saturated carbocycles. The highest BCUT2D eigenvalue weighted by atomic mass is 35.5. The number of hydrogen-bond donors (Lipinski definition) is 1. The second-order valence-electron chi connectivity index (χ2n) is 5.50. The molecule has 0 radical (unpaired) electrons. The summed E-state index contributed by atoms with van der Waals surface area (Å²) in [4.78, 5) is 14.7. The highest BCUT2D eigenvalue weighted by Crippen LogP contribution is 2.39. The van der Waals surface area contributed by atoms with Crippen LogP contribution in [0.3, 0.4) is 0 Å². The minimum atomic E-state index is -0.287. The van der Waals surface area contributed by atoms with E-state index in [1.165, 1.54) is 5.56 Å². The van der Waals surface area contributed by atoms with Gasteiger partial charge >= 0.3 is 0 Å². The molecule has 1 fully saturated rings. The van der Waals surface area contributed by atoms with Crippen LogP contribution in [0.5, 0.6) is 0 Å². The van der Waals surface area contributed by atoms with Gasteiger partial charge in [0.1, 0.15) is 0 Å². The lowest BCUT2D eigenvalue weighted by atomic mass is 9.84. The smallest absolute Gasteiger partial charge is 0.230 e. The molecular formula is C16H25ClN2O. The minimum Gasteiger partial charge on any atom is -0.338 e. The molecule has 0 atom stereocenters. The standard InChI is InChI=1S/C16H24N2O.ClH/c1-2-18(12-14-8-4-3-5-9-14)15(19)16(13-17)10-6-7-11-16;/h3-5,8-9H,2,6-7,10-13,17H2,1H3;1H. The summed E-state index contributed by atoms with van der Waals surface area (Å²) in [5.74, 6) is 0.249. The van der Waals surface area contributed by atoms with Crippen molar-refractivity contribution in [2.45, 2.75) is 39.2 Å². The van der Waals surface area contributed by atoms with Gasteiger partial charge in [-0.15, -0.1) is 12.4 Å². The number of nitrogens with two attached hydrogens (primary N) is 1. The summed E-state index contributed by atoms with van der Waals surface area (Å²) < 4.78 is 0. The lowest BCUT2D eigenvalue weighted by Gasteiger charge is -2.33. The van der Waals surface area contributed by atoms with Gasteiger partial charge in [0, 0.05) is 19.6 Å². The predicted octanol–water partition coefficient (Wildman–Crippen LogP) is 2.98. The van der Waals surface area contributed by atoms with Crippen molar-refractivity contribution in [1.82, 2.24) is 4.90 Å². The van der Waals surface area contributed by atoms with Crippen LogP contribution >= 0.6 is 12.4 Å². The molecule has 0 spiro atoms. The molecule has 4 heteroatoms. The highest BCUT2D eigenvalue weighted by molar-refractivity contribution is 5.85. The van der Waals surface area contributed by atoms with Crippen LogP contribution in [0.4, 0.5) is 0 Å². The highest BCUT2D eigenvalue weighted by Gasteiger charge is 2.41. The molecule has 1 aliphatic carbocycles. The molecule has 0 aromatic heterocycles. The van der Waals surface area contributed by atoms with Gasteiger partial charge in [-0.25, -0.2) is 0 Å². The number of halogens is 1. The fourth-order valence-corrected chi connectivity index (χ4v) is 3.02. The Morgan fingerprint density at radius 3 is 2.35 bits per heavy atom. The Labute approximate surface area is 127 Å². The fourth-order valence-electron chi connectivity index (χ4n) is 3.02. The van der Waals surface area contributed by atoms with E-state index in [4.69, 9.17) is 5.73 Å². The molecule has 0 aliphatic heterocycles. The molecule has 0 bridgehead atoms. The third-order valence-electron chi connectivity index (χ3n) is 4.29. The third kappa shape index (κ3) is 3.53. The Morgan fingerprint density at radius 2 is 1.85 bits per heavy atom. The number of benzene rings is 1. The van der Waals surface area contributed by atoms with Crippen LogP contribution in [0.2, 0.25) is 0 Å². The van der Waals surface area contributed by atoms with Crippen molar-refractivity contribution < 1.29 is 4.79 Å². The summed E-state index contributed by atoms with van der Waals surface area (Å²) in [7, 11) is 0. The van der Waals surface area contributed by atoms with Crippen LogP contribution < -0.4 is 5.73 Å². The van der Waals surface area contributed by atoms with E-state index in [1.54, 1.807) is 0 Å². The second-order valence-corrected chi connectivity index (χ2v) is 5.50. The van der Waals surface area contributed by atoms with E-state index in [0.717, 1.165) is 32.2 Å². The van der Waals surface area contributed by atoms with Gasteiger partial charge in [0.15, 0.2) is 0 Å². The number of carbonyl (C=O) groups excluding carboxylic acids is 1. The first kappa shape index (κ1) is 17.0. The van der Waals surface area contributed by atoms with Crippen LogP contribution in [0.1, 0.15) is 38.2 Å². The molecule has 2 N–H and O–H groups in total. The summed E-state index contributed by atoms with van der Waals surface area (Å²) in [6, 6.07) is 10.2. The first-order valence-corrected chi connectivity index (χ1v) is 7.25. The Balaban J connectivity index is 0.00000200. The van der Waals surface area contributed by atoms with Crippen LogP contribution in [-0.4, -0.2) is 23.9 Å². The number of carbonyl (C=O) groups is 1. The summed E-state index contributed by atoms with van der Waals surface area (Å²) in [6.07, 6.45) is 4.17. The summed E-state index contributed by atoms with van der Waals surface area (Å²) in [6.45, 7) is 3.96. The van der Waals surface area contributed by atoms with E-state index in [2.05, 4.69) is 12.1 Å². The van der Waals surface area contributed by atoms with Crippen molar-refractivity contribution in [3.63, 3.8) is 0 Å². The van der Waals surface area contributed by atoms with Crippen molar-refractivity contribution in [3.8, 4) is 0 Å². The van der Waals surface area contributed by atoms with Crippen molar-refractivity contribution in [2.24, 2.45) is 11.1 Å². The van der Waals surface area contributed by atoms with Gasteiger partial charge in [0.2, 0.25) is 5.91 Å². The Hall–Kier alpha value is -1.06. The average molecular weight is 297 g/mol. The van der Waals surface area contributed by atoms with Gasteiger partial charge in [-0.1, -0.05) is 43.2 Å². The van der Waals surface area contributed by atoms with Crippen LogP contribution in [0.15, 0.2) is 30.3 Å². The normalized spacial score (nSPS) is 16.5. The maximum Gasteiger partial charge on any atom is 0.230 e. The number of rotatable bonds is 5. The maximum absolute atomic E-state index is 12.8. The molecule has 2 rings (SSSR count). The van der Waals surface area contributed by atoms with Crippen molar-refractivity contribution >= 4 is 18.3 Å². The first-order valence-electron chi connectivity index (χ1n) is 7.25. The lowest BCUT2D eigenvalue weighted by Crippen LogP contribution is -2.46. The van der Waals surface area contributed by atoms with Gasteiger partial charge < -0.3 is 10.6 Å². The largest absolute Gasteiger partial charge is 0.338 e. The molecule has 1 aromatic rings. The Bertz CT molecular complexity index is 416. The number of nitrogens with zero attached hydrogens (tertiary/aromatic N) is 1. The first-order chi connectivity index (χ1) is 9.22. The SMILES string of the molecule is CCN(Cc1ccccc1)C(=O)C1(CN)CCCC1.Cl. The fraction of sp³-hybridized carbons (Fsp3) is 0.562. The number of amides is 1. The van der Waals surface area contributed by atoms with E-state index in [1.807, 2.05) is 30.0 Å². The maximum atomic E-state index is 12.8. The van der Waals surface area contributed by atoms with Gasteiger partial charge in [-0.3, -0.25) is 4.79 Å². The zero-order valence-electron chi connectivity index (χ0n) is 12.2. The van der Waals surface area contributed by atoms with Gasteiger partial charge in [0.05, 0.1) is 5.41 Å². The van der Waals surface area contributed by atoms with Crippen molar-refractivity contribution in [3.05, 3.63) is 35.9 Å².